The van der Waals surface area contributed by atoms with E-state index in [0.717, 1.165) is 30.8 Å². The monoisotopic (exact) mass is 300 g/mol. The molecule has 0 saturated carbocycles. The first-order valence-electron chi connectivity index (χ1n) is 7.50. The Balaban J connectivity index is 1.56. The van der Waals surface area contributed by atoms with Crippen LogP contribution in [0.1, 0.15) is 23.3 Å². The van der Waals surface area contributed by atoms with Crippen LogP contribution in [0, 0.1) is 5.92 Å². The minimum atomic E-state index is 0.272. The van der Waals surface area contributed by atoms with E-state index in [9.17, 15) is 4.79 Å². The molecule has 3 heterocycles. The van der Waals surface area contributed by atoms with Gasteiger partial charge in [-0.1, -0.05) is 12.1 Å². The molecule has 2 aromatic heterocycles. The molecule has 0 bridgehead atoms. The van der Waals surface area contributed by atoms with Crippen molar-refractivity contribution in [3.8, 4) is 0 Å². The van der Waals surface area contributed by atoms with Crippen LogP contribution in [0.5, 0.6) is 0 Å². The highest BCUT2D eigenvalue weighted by Crippen LogP contribution is 2.21. The standard InChI is InChI=1S/C17H20N2OS/c20-17(11-16-6-3-9-21-16)19-8-2-5-15(13-19)10-14-4-1-7-18-12-14/h1,3-4,6-7,9,12,15H,2,5,8,10-11,13H2/t15-/m1/s1. The van der Waals surface area contributed by atoms with Crippen molar-refractivity contribution in [1.29, 1.82) is 0 Å². The number of rotatable bonds is 4. The molecule has 2 aromatic rings. The first-order chi connectivity index (χ1) is 10.3. The molecule has 1 saturated heterocycles. The van der Waals surface area contributed by atoms with Crippen LogP contribution in [0.3, 0.4) is 0 Å². The molecule has 4 heteroatoms. The molecule has 3 rings (SSSR count). The zero-order valence-corrected chi connectivity index (χ0v) is 12.9. The number of piperidine rings is 1. The van der Waals surface area contributed by atoms with Crippen molar-refractivity contribution < 1.29 is 4.79 Å². The summed E-state index contributed by atoms with van der Waals surface area (Å²) in [6.45, 7) is 1.80. The summed E-state index contributed by atoms with van der Waals surface area (Å²) in [5.41, 5.74) is 1.27. The first kappa shape index (κ1) is 14.3. The van der Waals surface area contributed by atoms with Gasteiger partial charge < -0.3 is 4.90 Å². The summed E-state index contributed by atoms with van der Waals surface area (Å²) < 4.78 is 0. The van der Waals surface area contributed by atoms with Crippen LogP contribution in [-0.4, -0.2) is 28.9 Å². The van der Waals surface area contributed by atoms with Gasteiger partial charge in [0.05, 0.1) is 6.42 Å². The molecular weight excluding hydrogens is 280 g/mol. The van der Waals surface area contributed by atoms with Gasteiger partial charge in [-0.3, -0.25) is 9.78 Å². The van der Waals surface area contributed by atoms with Gasteiger partial charge in [0, 0.05) is 30.4 Å². The zero-order chi connectivity index (χ0) is 14.5. The van der Waals surface area contributed by atoms with Crippen molar-refractivity contribution >= 4 is 17.2 Å². The smallest absolute Gasteiger partial charge is 0.227 e. The number of amides is 1. The maximum atomic E-state index is 12.4. The maximum absolute atomic E-state index is 12.4. The fourth-order valence-electron chi connectivity index (χ4n) is 2.98. The molecule has 21 heavy (non-hydrogen) atoms. The van der Waals surface area contributed by atoms with E-state index in [1.807, 2.05) is 34.7 Å². The second kappa shape index (κ2) is 6.85. The molecule has 0 aliphatic carbocycles. The van der Waals surface area contributed by atoms with Gasteiger partial charge in [0.15, 0.2) is 0 Å². The molecule has 0 spiro atoms. The Morgan fingerprint density at radius 1 is 1.38 bits per heavy atom. The van der Waals surface area contributed by atoms with Gasteiger partial charge in [-0.15, -0.1) is 11.3 Å². The molecule has 1 atom stereocenters. The largest absolute Gasteiger partial charge is 0.342 e. The van der Waals surface area contributed by atoms with Crippen LogP contribution in [0.25, 0.3) is 0 Å². The van der Waals surface area contributed by atoms with Gasteiger partial charge in [0.2, 0.25) is 5.91 Å². The van der Waals surface area contributed by atoms with Crippen molar-refractivity contribution in [2.45, 2.75) is 25.7 Å². The van der Waals surface area contributed by atoms with Gasteiger partial charge in [0.25, 0.3) is 0 Å². The van der Waals surface area contributed by atoms with Gasteiger partial charge in [-0.2, -0.15) is 0 Å². The SMILES string of the molecule is O=C(Cc1cccs1)N1CCC[C@H](Cc2cccnc2)C1. The summed E-state index contributed by atoms with van der Waals surface area (Å²) in [7, 11) is 0. The van der Waals surface area contributed by atoms with Gasteiger partial charge >= 0.3 is 0 Å². The quantitative estimate of drug-likeness (QED) is 0.869. The van der Waals surface area contributed by atoms with Crippen molar-refractivity contribution in [1.82, 2.24) is 9.88 Å². The third-order valence-electron chi connectivity index (χ3n) is 4.02. The van der Waals surface area contributed by atoms with Crippen LogP contribution in [0.15, 0.2) is 42.0 Å². The summed E-state index contributed by atoms with van der Waals surface area (Å²) in [5.74, 6) is 0.837. The minimum absolute atomic E-state index is 0.272. The number of pyridine rings is 1. The molecule has 3 nitrogen and oxygen atoms in total. The lowest BCUT2D eigenvalue weighted by Gasteiger charge is -2.33. The second-order valence-electron chi connectivity index (χ2n) is 5.67. The lowest BCUT2D eigenvalue weighted by atomic mass is 9.91. The lowest BCUT2D eigenvalue weighted by molar-refractivity contribution is -0.132. The molecule has 1 aliphatic rings. The van der Waals surface area contributed by atoms with E-state index in [0.29, 0.717) is 12.3 Å². The third kappa shape index (κ3) is 3.91. The highest BCUT2D eigenvalue weighted by atomic mass is 32.1. The summed E-state index contributed by atoms with van der Waals surface area (Å²) >= 11 is 1.66. The number of nitrogens with zero attached hydrogens (tertiary/aromatic N) is 2. The van der Waals surface area contributed by atoms with Crippen LogP contribution in [-0.2, 0) is 17.6 Å². The zero-order valence-electron chi connectivity index (χ0n) is 12.1. The summed E-state index contributed by atoms with van der Waals surface area (Å²) in [6.07, 6.45) is 7.64. The number of carbonyl (C=O) groups is 1. The van der Waals surface area contributed by atoms with Crippen molar-refractivity contribution in [2.24, 2.45) is 5.92 Å². The maximum Gasteiger partial charge on any atom is 0.227 e. The number of aromatic nitrogens is 1. The number of carbonyl (C=O) groups excluding carboxylic acids is 1. The van der Waals surface area contributed by atoms with Crippen LogP contribution < -0.4 is 0 Å². The Kier molecular flexibility index (Phi) is 4.65. The number of likely N-dealkylation sites (tertiary alicyclic amines) is 1. The third-order valence-corrected chi connectivity index (χ3v) is 4.90. The molecule has 0 N–H and O–H groups in total. The average molecular weight is 300 g/mol. The Labute approximate surface area is 129 Å². The molecule has 0 aromatic carbocycles. The Hall–Kier alpha value is -1.68. The van der Waals surface area contributed by atoms with E-state index in [1.54, 1.807) is 17.5 Å². The van der Waals surface area contributed by atoms with E-state index in [1.165, 1.54) is 12.0 Å². The van der Waals surface area contributed by atoms with E-state index in [-0.39, 0.29) is 5.91 Å². The summed E-state index contributed by atoms with van der Waals surface area (Å²) in [4.78, 5) is 19.8. The highest BCUT2D eigenvalue weighted by Gasteiger charge is 2.23. The molecule has 1 aliphatic heterocycles. The van der Waals surface area contributed by atoms with E-state index in [4.69, 9.17) is 0 Å². The minimum Gasteiger partial charge on any atom is -0.342 e. The predicted molar refractivity (Wildman–Crippen MR) is 85.3 cm³/mol. The fraction of sp³-hybridized carbons (Fsp3) is 0.412. The number of thiophene rings is 1. The molecular formula is C17H20N2OS. The van der Waals surface area contributed by atoms with Gasteiger partial charge in [-0.05, 0) is 48.3 Å². The average Bonchev–Trinajstić information content (AvgIpc) is 3.01. The Bertz CT molecular complexity index is 568. The van der Waals surface area contributed by atoms with Crippen LogP contribution in [0.2, 0.25) is 0 Å². The molecule has 0 radical (unpaired) electrons. The predicted octanol–water partition coefficient (Wildman–Crippen LogP) is 3.17. The van der Waals surface area contributed by atoms with Crippen LogP contribution >= 0.6 is 11.3 Å². The molecule has 1 amide bonds. The van der Waals surface area contributed by atoms with Gasteiger partial charge in [0.1, 0.15) is 0 Å². The van der Waals surface area contributed by atoms with Crippen molar-refractivity contribution in [3.05, 3.63) is 52.5 Å². The molecule has 110 valence electrons. The summed E-state index contributed by atoms with van der Waals surface area (Å²) in [5, 5.41) is 2.03. The lowest BCUT2D eigenvalue weighted by Crippen LogP contribution is -2.41. The second-order valence-corrected chi connectivity index (χ2v) is 6.70. The Morgan fingerprint density at radius 3 is 3.10 bits per heavy atom. The first-order valence-corrected chi connectivity index (χ1v) is 8.38. The fourth-order valence-corrected chi connectivity index (χ4v) is 3.68. The molecule has 0 unspecified atom stereocenters. The van der Waals surface area contributed by atoms with Crippen molar-refractivity contribution in [3.63, 3.8) is 0 Å². The van der Waals surface area contributed by atoms with Crippen LogP contribution in [0.4, 0.5) is 0 Å². The number of hydrogen-bond donors (Lipinski definition) is 0. The van der Waals surface area contributed by atoms with Crippen molar-refractivity contribution in [2.75, 3.05) is 13.1 Å². The number of hydrogen-bond acceptors (Lipinski definition) is 3. The van der Waals surface area contributed by atoms with E-state index < -0.39 is 0 Å². The Morgan fingerprint density at radius 2 is 2.33 bits per heavy atom. The normalized spacial score (nSPS) is 18.7. The highest BCUT2D eigenvalue weighted by molar-refractivity contribution is 7.10. The molecule has 1 fully saturated rings. The van der Waals surface area contributed by atoms with Gasteiger partial charge in [-0.25, -0.2) is 0 Å². The topological polar surface area (TPSA) is 33.2 Å². The van der Waals surface area contributed by atoms with E-state index in [2.05, 4.69) is 11.1 Å². The summed E-state index contributed by atoms with van der Waals surface area (Å²) in [6, 6.07) is 8.16. The van der Waals surface area contributed by atoms with E-state index >= 15 is 0 Å².